The molecule has 2 heteroatoms. The first-order valence-corrected chi connectivity index (χ1v) is 17.4. The third kappa shape index (κ3) is 19.9. The lowest BCUT2D eigenvalue weighted by atomic mass is 10.0. The number of hydrogen-bond acceptors (Lipinski definition) is 0. The highest BCUT2D eigenvalue weighted by Crippen LogP contribution is 2.15. The Morgan fingerprint density at radius 3 is 1.30 bits per heavy atom. The maximum absolute atomic E-state index is 2.60. The monoisotopic (exact) mass is 518 g/mol. The van der Waals surface area contributed by atoms with Crippen molar-refractivity contribution in [3.05, 3.63) is 18.2 Å². The zero-order chi connectivity index (χ0) is 26.7. The molecule has 0 aliphatic heterocycles. The molecule has 0 atom stereocenters. The van der Waals surface area contributed by atoms with E-state index in [1.165, 1.54) is 186 Å². The summed E-state index contributed by atoms with van der Waals surface area (Å²) in [5.74, 6) is 1.60. The van der Waals surface area contributed by atoms with E-state index in [9.17, 15) is 0 Å². The summed E-state index contributed by atoms with van der Waals surface area (Å²) >= 11 is 0. The summed E-state index contributed by atoms with van der Waals surface area (Å²) in [7, 11) is 0. The van der Waals surface area contributed by atoms with Gasteiger partial charge in [0.15, 0.2) is 0 Å². The zero-order valence-electron chi connectivity index (χ0n) is 26.1. The number of nitrogens with zero attached hydrogens (tertiary/aromatic N) is 2. The number of imidazole rings is 1. The average Bonchev–Trinajstić information content (AvgIpc) is 3.29. The minimum absolute atomic E-state index is 1.21. The molecule has 0 unspecified atom stereocenters. The van der Waals surface area contributed by atoms with E-state index in [-0.39, 0.29) is 0 Å². The van der Waals surface area contributed by atoms with Gasteiger partial charge in [-0.1, -0.05) is 156 Å². The third-order valence-corrected chi connectivity index (χ3v) is 8.35. The lowest BCUT2D eigenvalue weighted by molar-refractivity contribution is -0.704. The maximum Gasteiger partial charge on any atom is 0.256 e. The van der Waals surface area contributed by atoms with Crippen molar-refractivity contribution in [3.63, 3.8) is 0 Å². The fraction of sp³-hybridized carbons (Fsp3) is 0.914. The van der Waals surface area contributed by atoms with Crippen LogP contribution in [0.4, 0.5) is 0 Å². The second kappa shape index (κ2) is 26.8. The highest BCUT2D eigenvalue weighted by Gasteiger charge is 2.16. The molecule has 0 bridgehead atoms. The quantitative estimate of drug-likeness (QED) is 0.0737. The molecule has 0 N–H and O–H groups in total. The predicted octanol–water partition coefficient (Wildman–Crippen LogP) is 11.5. The first-order valence-electron chi connectivity index (χ1n) is 17.4. The van der Waals surface area contributed by atoms with Crippen LogP contribution in [0.5, 0.6) is 0 Å². The molecular formula is C35H69N2+. The summed E-state index contributed by atoms with van der Waals surface area (Å²) in [4.78, 5) is 0. The Kier molecular flexibility index (Phi) is 24.8. The van der Waals surface area contributed by atoms with Crippen molar-refractivity contribution >= 4 is 0 Å². The number of hydrogen-bond donors (Lipinski definition) is 0. The maximum atomic E-state index is 2.60. The second-order valence-electron chi connectivity index (χ2n) is 12.0. The van der Waals surface area contributed by atoms with Gasteiger partial charge in [-0.15, -0.1) is 0 Å². The summed E-state index contributed by atoms with van der Waals surface area (Å²) in [6.07, 6.45) is 43.0. The fourth-order valence-electron chi connectivity index (χ4n) is 5.80. The summed E-state index contributed by atoms with van der Waals surface area (Å²) < 4.78 is 5.18. The molecule has 1 aromatic heterocycles. The first-order chi connectivity index (χ1) is 18.3. The van der Waals surface area contributed by atoms with Gasteiger partial charge in [0, 0.05) is 6.42 Å². The Bertz CT molecular complexity index is 576. The summed E-state index contributed by atoms with van der Waals surface area (Å²) in [5, 5.41) is 0. The van der Waals surface area contributed by atoms with E-state index in [1.54, 1.807) is 5.82 Å². The third-order valence-electron chi connectivity index (χ3n) is 8.35. The van der Waals surface area contributed by atoms with Crippen LogP contribution in [0.2, 0.25) is 0 Å². The van der Waals surface area contributed by atoms with E-state index in [4.69, 9.17) is 0 Å². The van der Waals surface area contributed by atoms with E-state index in [2.05, 4.69) is 42.3 Å². The molecule has 0 aliphatic carbocycles. The van der Waals surface area contributed by atoms with Crippen LogP contribution in [0.25, 0.3) is 0 Å². The molecule has 0 fully saturated rings. The van der Waals surface area contributed by atoms with Crippen molar-refractivity contribution in [2.45, 2.75) is 207 Å². The van der Waals surface area contributed by atoms with Gasteiger partial charge in [-0.05, 0) is 32.1 Å². The molecule has 0 aromatic carbocycles. The largest absolute Gasteiger partial charge is 0.256 e. The molecule has 0 saturated heterocycles. The van der Waals surface area contributed by atoms with Crippen LogP contribution in [-0.2, 0) is 19.5 Å². The van der Waals surface area contributed by atoms with Crippen LogP contribution in [0.3, 0.4) is 0 Å². The van der Waals surface area contributed by atoms with Crippen LogP contribution in [0.15, 0.2) is 12.4 Å². The van der Waals surface area contributed by atoms with Crippen LogP contribution in [0.1, 0.15) is 194 Å². The van der Waals surface area contributed by atoms with Crippen molar-refractivity contribution in [1.82, 2.24) is 4.57 Å². The molecule has 0 spiro atoms. The van der Waals surface area contributed by atoms with Crippen molar-refractivity contribution in [2.75, 3.05) is 0 Å². The van der Waals surface area contributed by atoms with Gasteiger partial charge in [-0.25, -0.2) is 9.13 Å². The van der Waals surface area contributed by atoms with Crippen LogP contribution < -0.4 is 4.57 Å². The highest BCUT2D eigenvalue weighted by molar-refractivity contribution is 4.84. The van der Waals surface area contributed by atoms with E-state index in [0.29, 0.717) is 0 Å². The van der Waals surface area contributed by atoms with E-state index in [1.807, 2.05) is 0 Å². The molecule has 1 heterocycles. The van der Waals surface area contributed by atoms with Gasteiger partial charge in [0.1, 0.15) is 12.4 Å². The number of aromatic nitrogens is 2. The standard InChI is InChI=1S/C35H69N2/c1-4-7-10-12-14-15-16-17-18-19-20-21-22-23-24-26-29-32-37-34-33-36(31-28-9-6-3)35(37)30-27-25-13-11-8-5-2/h33-34H,4-32H2,1-3H3/q+1. The summed E-state index contributed by atoms with van der Waals surface area (Å²) in [5.41, 5.74) is 0. The van der Waals surface area contributed by atoms with Crippen molar-refractivity contribution in [2.24, 2.45) is 0 Å². The second-order valence-corrected chi connectivity index (χ2v) is 12.0. The molecule has 0 aliphatic rings. The Labute approximate surface area is 234 Å². The smallest absolute Gasteiger partial charge is 0.234 e. The van der Waals surface area contributed by atoms with Gasteiger partial charge in [0.2, 0.25) is 0 Å². The Hall–Kier alpha value is -0.790. The minimum atomic E-state index is 1.21. The van der Waals surface area contributed by atoms with Crippen LogP contribution in [-0.4, -0.2) is 4.57 Å². The Morgan fingerprint density at radius 1 is 0.459 bits per heavy atom. The molecule has 37 heavy (non-hydrogen) atoms. The normalized spacial score (nSPS) is 11.5. The van der Waals surface area contributed by atoms with Gasteiger partial charge < -0.3 is 0 Å². The van der Waals surface area contributed by atoms with Gasteiger partial charge >= 0.3 is 0 Å². The van der Waals surface area contributed by atoms with Crippen LogP contribution >= 0.6 is 0 Å². The lowest BCUT2D eigenvalue weighted by Gasteiger charge is -2.07. The number of aryl methyl sites for hydroxylation is 2. The van der Waals surface area contributed by atoms with E-state index in [0.717, 1.165) is 0 Å². The zero-order valence-corrected chi connectivity index (χ0v) is 26.1. The van der Waals surface area contributed by atoms with Crippen molar-refractivity contribution in [3.8, 4) is 0 Å². The molecule has 1 aromatic rings. The van der Waals surface area contributed by atoms with E-state index < -0.39 is 0 Å². The Morgan fingerprint density at radius 2 is 0.838 bits per heavy atom. The lowest BCUT2D eigenvalue weighted by Crippen LogP contribution is -2.37. The van der Waals surface area contributed by atoms with Crippen molar-refractivity contribution < 1.29 is 4.57 Å². The molecule has 0 radical (unpaired) electrons. The van der Waals surface area contributed by atoms with Crippen LogP contribution in [0, 0.1) is 0 Å². The Balaban J connectivity index is 2.08. The predicted molar refractivity (Wildman–Crippen MR) is 165 cm³/mol. The van der Waals surface area contributed by atoms with Crippen molar-refractivity contribution in [1.29, 1.82) is 0 Å². The minimum Gasteiger partial charge on any atom is -0.234 e. The fourth-order valence-corrected chi connectivity index (χ4v) is 5.80. The molecule has 218 valence electrons. The first kappa shape index (κ1) is 34.2. The number of unbranched alkanes of at least 4 members (excludes halogenated alkanes) is 23. The SMILES string of the molecule is CCCCCCCCCCCCCCCCCCCn1cc[n+](CCCCC)c1CCCCCCCC. The molecule has 0 saturated carbocycles. The van der Waals surface area contributed by atoms with E-state index >= 15 is 0 Å². The molecule has 2 nitrogen and oxygen atoms in total. The van der Waals surface area contributed by atoms with Gasteiger partial charge in [0.25, 0.3) is 5.82 Å². The number of rotatable bonds is 29. The topological polar surface area (TPSA) is 8.81 Å². The molecule has 1 rings (SSSR count). The van der Waals surface area contributed by atoms with Gasteiger partial charge in [-0.2, -0.15) is 0 Å². The molecular weight excluding hydrogens is 448 g/mol. The summed E-state index contributed by atoms with van der Waals surface area (Å²) in [6.45, 7) is 9.37. The van der Waals surface area contributed by atoms with Gasteiger partial charge in [0.05, 0.1) is 13.1 Å². The molecule has 0 amide bonds. The average molecular weight is 518 g/mol. The van der Waals surface area contributed by atoms with Gasteiger partial charge in [-0.3, -0.25) is 0 Å². The highest BCUT2D eigenvalue weighted by atomic mass is 15.1. The summed E-state index contributed by atoms with van der Waals surface area (Å²) in [6, 6.07) is 0.